The van der Waals surface area contributed by atoms with Crippen molar-refractivity contribution in [3.8, 4) is 0 Å². The van der Waals surface area contributed by atoms with Crippen LogP contribution in [0.5, 0.6) is 0 Å². The maximum atomic E-state index is 11.8. The van der Waals surface area contributed by atoms with E-state index < -0.39 is 12.0 Å². The molecule has 0 bridgehead atoms. The normalized spacial score (nSPS) is 16.4. The van der Waals surface area contributed by atoms with Crippen LogP contribution < -0.4 is 5.32 Å². The van der Waals surface area contributed by atoms with E-state index in [0.717, 1.165) is 24.8 Å². The Bertz CT molecular complexity index is 440. The van der Waals surface area contributed by atoms with Crippen molar-refractivity contribution in [1.29, 1.82) is 0 Å². The van der Waals surface area contributed by atoms with E-state index >= 15 is 0 Å². The van der Waals surface area contributed by atoms with Crippen molar-refractivity contribution in [3.63, 3.8) is 0 Å². The minimum atomic E-state index is -0.955. The van der Waals surface area contributed by atoms with Crippen LogP contribution in [0.2, 0.25) is 0 Å². The Balaban J connectivity index is 1.85. The maximum absolute atomic E-state index is 11.8. The Morgan fingerprint density at radius 3 is 2.47 bits per heavy atom. The predicted molar refractivity (Wildman–Crippen MR) is 71.7 cm³/mol. The SMILES string of the molecule is O=C(NC(CCc1ccccc1)C(=O)O)C1CCC1. The highest BCUT2D eigenvalue weighted by Crippen LogP contribution is 2.26. The third-order valence-corrected chi connectivity index (χ3v) is 3.66. The molecule has 4 heteroatoms. The number of rotatable bonds is 6. The van der Waals surface area contributed by atoms with E-state index in [1.807, 2.05) is 30.3 Å². The number of carbonyl (C=O) groups excluding carboxylic acids is 1. The van der Waals surface area contributed by atoms with Crippen LogP contribution in [-0.4, -0.2) is 23.0 Å². The van der Waals surface area contributed by atoms with Crippen molar-refractivity contribution in [2.45, 2.75) is 38.1 Å². The van der Waals surface area contributed by atoms with E-state index in [-0.39, 0.29) is 11.8 Å². The van der Waals surface area contributed by atoms with Crippen molar-refractivity contribution < 1.29 is 14.7 Å². The fourth-order valence-corrected chi connectivity index (χ4v) is 2.17. The lowest BCUT2D eigenvalue weighted by atomic mass is 9.84. The first kappa shape index (κ1) is 13.6. The molecule has 0 aliphatic heterocycles. The lowest BCUT2D eigenvalue weighted by Gasteiger charge is -2.26. The summed E-state index contributed by atoms with van der Waals surface area (Å²) >= 11 is 0. The second-order valence-corrected chi connectivity index (χ2v) is 5.05. The average molecular weight is 261 g/mol. The summed E-state index contributed by atoms with van der Waals surface area (Å²) in [6.45, 7) is 0. The van der Waals surface area contributed by atoms with Gasteiger partial charge < -0.3 is 10.4 Å². The van der Waals surface area contributed by atoms with Gasteiger partial charge in [-0.25, -0.2) is 4.79 Å². The first-order chi connectivity index (χ1) is 9.16. The number of carbonyl (C=O) groups is 2. The standard InChI is InChI=1S/C15H19NO3/c17-14(12-7-4-8-12)16-13(15(18)19)10-9-11-5-2-1-3-6-11/h1-3,5-6,12-13H,4,7-10H2,(H,16,17)(H,18,19). The lowest BCUT2D eigenvalue weighted by Crippen LogP contribution is -2.45. The van der Waals surface area contributed by atoms with Crippen LogP contribution in [0.3, 0.4) is 0 Å². The molecule has 0 spiro atoms. The number of aliphatic carboxylic acids is 1. The fourth-order valence-electron chi connectivity index (χ4n) is 2.17. The van der Waals surface area contributed by atoms with Gasteiger partial charge in [-0.15, -0.1) is 0 Å². The molecule has 1 unspecified atom stereocenters. The van der Waals surface area contributed by atoms with Crippen LogP contribution in [0.4, 0.5) is 0 Å². The lowest BCUT2D eigenvalue weighted by molar-refractivity contribution is -0.143. The summed E-state index contributed by atoms with van der Waals surface area (Å²) in [5, 5.41) is 11.8. The molecule has 0 saturated heterocycles. The molecule has 2 rings (SSSR count). The topological polar surface area (TPSA) is 66.4 Å². The summed E-state index contributed by atoms with van der Waals surface area (Å²) in [7, 11) is 0. The van der Waals surface area contributed by atoms with Gasteiger partial charge in [-0.1, -0.05) is 36.8 Å². The number of amides is 1. The Labute approximate surface area is 112 Å². The Kier molecular flexibility index (Phi) is 4.55. The second kappa shape index (κ2) is 6.36. The molecule has 1 amide bonds. The molecule has 1 fully saturated rings. The van der Waals surface area contributed by atoms with Gasteiger partial charge in [0.2, 0.25) is 5.91 Å². The highest BCUT2D eigenvalue weighted by atomic mass is 16.4. The van der Waals surface area contributed by atoms with E-state index in [9.17, 15) is 9.59 Å². The van der Waals surface area contributed by atoms with Crippen molar-refractivity contribution in [2.75, 3.05) is 0 Å². The molecule has 1 saturated carbocycles. The van der Waals surface area contributed by atoms with Crippen LogP contribution in [0, 0.1) is 5.92 Å². The number of nitrogens with one attached hydrogen (secondary N) is 1. The number of hydrogen-bond donors (Lipinski definition) is 2. The van der Waals surface area contributed by atoms with Crippen molar-refractivity contribution in [1.82, 2.24) is 5.32 Å². The molecular formula is C15H19NO3. The molecule has 2 N–H and O–H groups in total. The predicted octanol–water partition coefficient (Wildman–Crippen LogP) is 1.99. The molecule has 1 atom stereocenters. The van der Waals surface area contributed by atoms with Gasteiger partial charge in [-0.2, -0.15) is 0 Å². The zero-order chi connectivity index (χ0) is 13.7. The Hall–Kier alpha value is -1.84. The molecule has 0 heterocycles. The highest BCUT2D eigenvalue weighted by molar-refractivity contribution is 5.85. The minimum Gasteiger partial charge on any atom is -0.480 e. The van der Waals surface area contributed by atoms with E-state index in [2.05, 4.69) is 5.32 Å². The third kappa shape index (κ3) is 3.81. The van der Waals surface area contributed by atoms with Crippen LogP contribution in [0.15, 0.2) is 30.3 Å². The zero-order valence-corrected chi connectivity index (χ0v) is 10.8. The molecule has 0 aromatic heterocycles. The summed E-state index contributed by atoms with van der Waals surface area (Å²) in [5.74, 6) is -1.03. The van der Waals surface area contributed by atoms with Crippen LogP contribution in [-0.2, 0) is 16.0 Å². The molecule has 1 aromatic carbocycles. The summed E-state index contributed by atoms with van der Waals surface area (Å²) in [6, 6.07) is 8.93. The maximum Gasteiger partial charge on any atom is 0.326 e. The quantitative estimate of drug-likeness (QED) is 0.823. The first-order valence-electron chi connectivity index (χ1n) is 6.74. The van der Waals surface area contributed by atoms with Gasteiger partial charge in [0, 0.05) is 5.92 Å². The number of hydrogen-bond acceptors (Lipinski definition) is 2. The molecular weight excluding hydrogens is 242 g/mol. The van der Waals surface area contributed by atoms with Gasteiger partial charge in [0.15, 0.2) is 0 Å². The smallest absolute Gasteiger partial charge is 0.326 e. The monoisotopic (exact) mass is 261 g/mol. The van der Waals surface area contributed by atoms with Crippen molar-refractivity contribution in [2.24, 2.45) is 5.92 Å². The van der Waals surface area contributed by atoms with Gasteiger partial charge in [0.25, 0.3) is 0 Å². The van der Waals surface area contributed by atoms with Crippen LogP contribution in [0.25, 0.3) is 0 Å². The van der Waals surface area contributed by atoms with E-state index in [0.29, 0.717) is 12.8 Å². The molecule has 4 nitrogen and oxygen atoms in total. The Morgan fingerprint density at radius 2 is 1.95 bits per heavy atom. The Morgan fingerprint density at radius 1 is 1.26 bits per heavy atom. The molecule has 1 aliphatic rings. The van der Waals surface area contributed by atoms with Gasteiger partial charge in [-0.3, -0.25) is 4.79 Å². The van der Waals surface area contributed by atoms with E-state index in [1.54, 1.807) is 0 Å². The highest BCUT2D eigenvalue weighted by Gasteiger charge is 2.28. The third-order valence-electron chi connectivity index (χ3n) is 3.66. The zero-order valence-electron chi connectivity index (χ0n) is 10.8. The summed E-state index contributed by atoms with van der Waals surface area (Å²) in [4.78, 5) is 22.9. The van der Waals surface area contributed by atoms with Gasteiger partial charge in [-0.05, 0) is 31.2 Å². The molecule has 1 aliphatic carbocycles. The molecule has 0 radical (unpaired) electrons. The molecule has 1 aromatic rings. The van der Waals surface area contributed by atoms with Gasteiger partial charge in [0.1, 0.15) is 6.04 Å². The van der Waals surface area contributed by atoms with Crippen LogP contribution >= 0.6 is 0 Å². The first-order valence-corrected chi connectivity index (χ1v) is 6.74. The second-order valence-electron chi connectivity index (χ2n) is 5.05. The van der Waals surface area contributed by atoms with E-state index in [4.69, 9.17) is 5.11 Å². The molecule has 19 heavy (non-hydrogen) atoms. The largest absolute Gasteiger partial charge is 0.480 e. The van der Waals surface area contributed by atoms with Crippen molar-refractivity contribution >= 4 is 11.9 Å². The molecule has 102 valence electrons. The number of carboxylic acid groups (broad SMARTS) is 1. The fraction of sp³-hybridized carbons (Fsp3) is 0.467. The minimum absolute atomic E-state index is 0.0265. The summed E-state index contributed by atoms with van der Waals surface area (Å²) in [6.07, 6.45) is 3.92. The van der Waals surface area contributed by atoms with Gasteiger partial charge >= 0.3 is 5.97 Å². The summed E-state index contributed by atoms with van der Waals surface area (Å²) in [5.41, 5.74) is 1.09. The average Bonchev–Trinajstić information content (AvgIpc) is 2.33. The number of benzene rings is 1. The van der Waals surface area contributed by atoms with E-state index in [1.165, 1.54) is 0 Å². The van der Waals surface area contributed by atoms with Crippen molar-refractivity contribution in [3.05, 3.63) is 35.9 Å². The number of aryl methyl sites for hydroxylation is 1. The summed E-state index contributed by atoms with van der Waals surface area (Å²) < 4.78 is 0. The van der Waals surface area contributed by atoms with Gasteiger partial charge in [0.05, 0.1) is 0 Å². The van der Waals surface area contributed by atoms with Crippen LogP contribution in [0.1, 0.15) is 31.2 Å². The number of carboxylic acids is 1.